The number of amidine groups is 1. The fourth-order valence-corrected chi connectivity index (χ4v) is 3.12. The Labute approximate surface area is 147 Å². The summed E-state index contributed by atoms with van der Waals surface area (Å²) in [5, 5.41) is 16.4. The van der Waals surface area contributed by atoms with Crippen molar-refractivity contribution >= 4 is 40.7 Å². The first-order valence-electron chi connectivity index (χ1n) is 6.95. The van der Waals surface area contributed by atoms with Gasteiger partial charge in [-0.2, -0.15) is 0 Å². The molecule has 4 N–H and O–H groups in total. The third-order valence-electron chi connectivity index (χ3n) is 3.24. The van der Waals surface area contributed by atoms with Crippen LogP contribution >= 0.6 is 22.9 Å². The minimum Gasteiger partial charge on any atom is -0.481 e. The molecule has 0 saturated carbocycles. The second kappa shape index (κ2) is 7.46. The molecule has 0 aliphatic rings. The molecule has 6 nitrogen and oxygen atoms in total. The molecule has 8 heteroatoms. The molecular weight excluding hydrogens is 352 g/mol. The van der Waals surface area contributed by atoms with Crippen molar-refractivity contribution in [3.8, 4) is 5.75 Å². The number of rotatable bonds is 6. The Morgan fingerprint density at radius 2 is 2.08 bits per heavy atom. The molecule has 0 saturated heterocycles. The number of ether oxygens (including phenoxy) is 1. The van der Waals surface area contributed by atoms with Crippen molar-refractivity contribution in [1.29, 1.82) is 5.41 Å². The van der Waals surface area contributed by atoms with Gasteiger partial charge in [0.25, 0.3) is 0 Å². The van der Waals surface area contributed by atoms with Crippen LogP contribution in [0.4, 0.5) is 0 Å². The summed E-state index contributed by atoms with van der Waals surface area (Å²) in [6.07, 6.45) is 0.349. The molecule has 0 amide bonds. The summed E-state index contributed by atoms with van der Waals surface area (Å²) >= 11 is 7.21. The van der Waals surface area contributed by atoms with Gasteiger partial charge in [-0.1, -0.05) is 18.5 Å². The summed E-state index contributed by atoms with van der Waals surface area (Å²) < 4.78 is 5.24. The molecule has 1 heterocycles. The molecule has 0 spiro atoms. The number of carboxylic acids is 1. The van der Waals surface area contributed by atoms with E-state index >= 15 is 0 Å². The van der Waals surface area contributed by atoms with Gasteiger partial charge >= 0.3 is 11.9 Å². The third kappa shape index (κ3) is 4.33. The van der Waals surface area contributed by atoms with Crippen molar-refractivity contribution in [2.75, 3.05) is 0 Å². The molecule has 0 aliphatic heterocycles. The van der Waals surface area contributed by atoms with E-state index < -0.39 is 17.9 Å². The van der Waals surface area contributed by atoms with E-state index in [1.54, 1.807) is 19.1 Å². The van der Waals surface area contributed by atoms with Crippen molar-refractivity contribution < 1.29 is 19.4 Å². The lowest BCUT2D eigenvalue weighted by atomic mass is 10.1. The molecule has 0 bridgehead atoms. The first-order chi connectivity index (χ1) is 11.3. The van der Waals surface area contributed by atoms with E-state index in [-0.39, 0.29) is 16.6 Å². The van der Waals surface area contributed by atoms with E-state index in [1.165, 1.54) is 29.5 Å². The molecule has 1 aromatic heterocycles. The van der Waals surface area contributed by atoms with E-state index in [0.717, 1.165) is 4.88 Å². The fraction of sp³-hybridized carbons (Fsp3) is 0.188. The van der Waals surface area contributed by atoms with Crippen LogP contribution in [0, 0.1) is 11.3 Å². The molecule has 126 valence electrons. The molecule has 2 aromatic rings. The maximum Gasteiger partial charge on any atom is 0.353 e. The second-order valence-electron chi connectivity index (χ2n) is 5.16. The quantitative estimate of drug-likeness (QED) is 0.314. The Kier molecular flexibility index (Phi) is 5.58. The number of nitrogens with one attached hydrogen (secondary N) is 1. The standard InChI is InChI=1S/C16H15ClN2O4S/c1-8(15(20)21)6-10-3-5-13(24-10)16(22)23-12-4-2-9(14(18)19)7-11(12)17/h2-5,7-8H,6H2,1H3,(H3,18,19)(H,20,21). The molecule has 0 radical (unpaired) electrons. The van der Waals surface area contributed by atoms with Crippen molar-refractivity contribution in [2.24, 2.45) is 11.7 Å². The van der Waals surface area contributed by atoms with Crippen molar-refractivity contribution in [2.45, 2.75) is 13.3 Å². The van der Waals surface area contributed by atoms with Gasteiger partial charge in [-0.25, -0.2) is 4.79 Å². The summed E-state index contributed by atoms with van der Waals surface area (Å²) in [5.74, 6) is -1.96. The summed E-state index contributed by atoms with van der Waals surface area (Å²) in [5.41, 5.74) is 5.80. The second-order valence-corrected chi connectivity index (χ2v) is 6.73. The Balaban J connectivity index is 2.09. The van der Waals surface area contributed by atoms with Gasteiger partial charge in [-0.3, -0.25) is 10.2 Å². The van der Waals surface area contributed by atoms with E-state index in [9.17, 15) is 9.59 Å². The Morgan fingerprint density at radius 1 is 1.38 bits per heavy atom. The SMILES string of the molecule is CC(Cc1ccc(C(=O)Oc2ccc(C(=N)N)cc2Cl)s1)C(=O)O. The normalized spacial score (nSPS) is 11.8. The number of thiophene rings is 1. The minimum atomic E-state index is -0.884. The molecule has 1 unspecified atom stereocenters. The molecule has 1 atom stereocenters. The Bertz CT molecular complexity index is 803. The van der Waals surface area contributed by atoms with E-state index in [4.69, 9.17) is 32.6 Å². The van der Waals surface area contributed by atoms with Crippen LogP contribution in [0.1, 0.15) is 27.0 Å². The highest BCUT2D eigenvalue weighted by atomic mass is 35.5. The van der Waals surface area contributed by atoms with Crippen LogP contribution in [0.2, 0.25) is 5.02 Å². The van der Waals surface area contributed by atoms with Crippen LogP contribution in [-0.4, -0.2) is 22.9 Å². The van der Waals surface area contributed by atoms with Crippen LogP contribution in [0.5, 0.6) is 5.75 Å². The van der Waals surface area contributed by atoms with Crippen LogP contribution in [-0.2, 0) is 11.2 Å². The van der Waals surface area contributed by atoms with Gasteiger partial charge in [0.15, 0.2) is 0 Å². The van der Waals surface area contributed by atoms with Gasteiger partial charge in [0.2, 0.25) is 0 Å². The van der Waals surface area contributed by atoms with Gasteiger partial charge < -0.3 is 15.6 Å². The molecule has 0 aliphatic carbocycles. The lowest BCUT2D eigenvalue weighted by Crippen LogP contribution is -2.12. The summed E-state index contributed by atoms with van der Waals surface area (Å²) in [4.78, 5) is 24.2. The summed E-state index contributed by atoms with van der Waals surface area (Å²) in [6, 6.07) is 7.75. The number of hydrogen-bond donors (Lipinski definition) is 3. The highest BCUT2D eigenvalue weighted by Gasteiger charge is 2.17. The van der Waals surface area contributed by atoms with E-state index in [1.807, 2.05) is 0 Å². The number of nitrogen functional groups attached to an aromatic ring is 1. The molecule has 24 heavy (non-hydrogen) atoms. The predicted octanol–water partition coefficient (Wildman–Crippen LogP) is 3.17. The monoisotopic (exact) mass is 366 g/mol. The zero-order valence-corrected chi connectivity index (χ0v) is 14.3. The highest BCUT2D eigenvalue weighted by molar-refractivity contribution is 7.13. The predicted molar refractivity (Wildman–Crippen MR) is 92.2 cm³/mol. The van der Waals surface area contributed by atoms with Gasteiger partial charge in [0.05, 0.1) is 10.9 Å². The maximum absolute atomic E-state index is 12.2. The number of carbonyl (C=O) groups excluding carboxylic acids is 1. The van der Waals surface area contributed by atoms with Gasteiger partial charge in [0.1, 0.15) is 16.5 Å². The van der Waals surface area contributed by atoms with Crippen molar-refractivity contribution in [3.05, 3.63) is 50.7 Å². The number of esters is 1. The zero-order chi connectivity index (χ0) is 17.9. The third-order valence-corrected chi connectivity index (χ3v) is 4.62. The minimum absolute atomic E-state index is 0.134. The van der Waals surface area contributed by atoms with Crippen molar-refractivity contribution in [3.63, 3.8) is 0 Å². The van der Waals surface area contributed by atoms with Crippen LogP contribution in [0.25, 0.3) is 0 Å². The fourth-order valence-electron chi connectivity index (χ4n) is 1.89. The van der Waals surface area contributed by atoms with Gasteiger partial charge in [-0.15, -0.1) is 11.3 Å². The van der Waals surface area contributed by atoms with E-state index in [2.05, 4.69) is 0 Å². The van der Waals surface area contributed by atoms with Gasteiger partial charge in [-0.05, 0) is 36.8 Å². The highest BCUT2D eigenvalue weighted by Crippen LogP contribution is 2.28. The summed E-state index contributed by atoms with van der Waals surface area (Å²) in [6.45, 7) is 1.61. The number of benzene rings is 1. The maximum atomic E-state index is 12.2. The average molecular weight is 367 g/mol. The number of carbonyl (C=O) groups is 2. The molecular formula is C16H15ClN2O4S. The number of halogens is 1. The topological polar surface area (TPSA) is 113 Å². The van der Waals surface area contributed by atoms with Crippen LogP contribution in [0.3, 0.4) is 0 Å². The summed E-state index contributed by atoms with van der Waals surface area (Å²) in [7, 11) is 0. The van der Waals surface area contributed by atoms with E-state index in [0.29, 0.717) is 16.9 Å². The number of hydrogen-bond acceptors (Lipinski definition) is 5. The number of nitrogens with two attached hydrogens (primary N) is 1. The van der Waals surface area contributed by atoms with Crippen LogP contribution < -0.4 is 10.5 Å². The Morgan fingerprint density at radius 3 is 2.67 bits per heavy atom. The van der Waals surface area contributed by atoms with Crippen LogP contribution in [0.15, 0.2) is 30.3 Å². The lowest BCUT2D eigenvalue weighted by Gasteiger charge is -2.06. The first kappa shape index (κ1) is 18.0. The number of carboxylic acid groups (broad SMARTS) is 1. The largest absolute Gasteiger partial charge is 0.481 e. The molecule has 0 fully saturated rings. The smallest absolute Gasteiger partial charge is 0.353 e. The number of aliphatic carboxylic acids is 1. The Hall–Kier alpha value is -2.38. The molecule has 1 aromatic carbocycles. The lowest BCUT2D eigenvalue weighted by molar-refractivity contribution is -0.141. The molecule has 2 rings (SSSR count). The van der Waals surface area contributed by atoms with Gasteiger partial charge in [0, 0.05) is 10.4 Å². The van der Waals surface area contributed by atoms with Crippen molar-refractivity contribution in [1.82, 2.24) is 0 Å². The first-order valence-corrected chi connectivity index (χ1v) is 8.15. The average Bonchev–Trinajstić information content (AvgIpc) is 2.97. The zero-order valence-electron chi connectivity index (χ0n) is 12.7.